The van der Waals surface area contributed by atoms with Gasteiger partial charge in [0.15, 0.2) is 0 Å². The molecule has 0 radical (unpaired) electrons. The van der Waals surface area contributed by atoms with E-state index in [0.29, 0.717) is 6.73 Å². The van der Waals surface area contributed by atoms with E-state index in [1.807, 2.05) is 18.3 Å². The van der Waals surface area contributed by atoms with Crippen molar-refractivity contribution in [3.63, 3.8) is 0 Å². The van der Waals surface area contributed by atoms with Crippen LogP contribution in [0.2, 0.25) is 0 Å². The first-order valence-corrected chi connectivity index (χ1v) is 6.14. The lowest BCUT2D eigenvalue weighted by Crippen LogP contribution is -2.04. The van der Waals surface area contributed by atoms with Crippen LogP contribution in [0.15, 0.2) is 30.5 Å². The number of aliphatic hydroxyl groups is 1. The Morgan fingerprint density at radius 1 is 1.29 bits per heavy atom. The number of ether oxygens (including phenoxy) is 1. The molecule has 17 heavy (non-hydrogen) atoms. The van der Waals surface area contributed by atoms with Crippen LogP contribution in [0.1, 0.15) is 18.4 Å². The van der Waals surface area contributed by atoms with E-state index in [2.05, 4.69) is 16.7 Å². The smallest absolute Gasteiger partial charge is 0.122 e. The average molecular weight is 231 g/mol. The molecule has 1 aromatic carbocycles. The van der Waals surface area contributed by atoms with Gasteiger partial charge in [-0.1, -0.05) is 18.2 Å². The SMILES string of the molecule is OCc1cccc2ccn(COCC3CC3)c12. The third-order valence-corrected chi connectivity index (χ3v) is 3.32. The second kappa shape index (κ2) is 4.51. The molecule has 1 aromatic heterocycles. The molecule has 1 fully saturated rings. The lowest BCUT2D eigenvalue weighted by Gasteiger charge is -2.09. The van der Waals surface area contributed by atoms with Crippen molar-refractivity contribution in [3.8, 4) is 0 Å². The number of aromatic nitrogens is 1. The highest BCUT2D eigenvalue weighted by atomic mass is 16.5. The Morgan fingerprint density at radius 3 is 2.94 bits per heavy atom. The standard InChI is InChI=1S/C14H17NO2/c16-8-13-3-1-2-12-6-7-15(14(12)13)10-17-9-11-4-5-11/h1-3,6-7,11,16H,4-5,8-10H2. The lowest BCUT2D eigenvalue weighted by molar-refractivity contribution is 0.0716. The van der Waals surface area contributed by atoms with Gasteiger partial charge in [0, 0.05) is 17.1 Å². The van der Waals surface area contributed by atoms with E-state index in [1.54, 1.807) is 0 Å². The zero-order chi connectivity index (χ0) is 11.7. The minimum Gasteiger partial charge on any atom is -0.392 e. The van der Waals surface area contributed by atoms with Crippen molar-refractivity contribution < 1.29 is 9.84 Å². The van der Waals surface area contributed by atoms with Crippen molar-refractivity contribution in [1.29, 1.82) is 0 Å². The van der Waals surface area contributed by atoms with Crippen molar-refractivity contribution in [1.82, 2.24) is 4.57 Å². The summed E-state index contributed by atoms with van der Waals surface area (Å²) in [7, 11) is 0. The first-order valence-electron chi connectivity index (χ1n) is 6.14. The summed E-state index contributed by atoms with van der Waals surface area (Å²) in [6.07, 6.45) is 4.65. The minimum absolute atomic E-state index is 0.0734. The third kappa shape index (κ3) is 2.21. The van der Waals surface area contributed by atoms with Gasteiger partial charge < -0.3 is 14.4 Å². The van der Waals surface area contributed by atoms with Crippen LogP contribution in [0, 0.1) is 5.92 Å². The molecule has 3 rings (SSSR count). The lowest BCUT2D eigenvalue weighted by atomic mass is 10.1. The van der Waals surface area contributed by atoms with E-state index in [-0.39, 0.29) is 6.61 Å². The Labute approximate surface area is 101 Å². The fourth-order valence-electron chi connectivity index (χ4n) is 2.18. The van der Waals surface area contributed by atoms with Gasteiger partial charge in [0.1, 0.15) is 6.73 Å². The zero-order valence-electron chi connectivity index (χ0n) is 9.80. The molecule has 1 heterocycles. The van der Waals surface area contributed by atoms with Crippen LogP contribution in [-0.2, 0) is 18.1 Å². The fourth-order valence-corrected chi connectivity index (χ4v) is 2.18. The van der Waals surface area contributed by atoms with Crippen LogP contribution in [0.4, 0.5) is 0 Å². The molecule has 0 amide bonds. The van der Waals surface area contributed by atoms with E-state index >= 15 is 0 Å². The van der Waals surface area contributed by atoms with Gasteiger partial charge in [0.05, 0.1) is 18.7 Å². The van der Waals surface area contributed by atoms with Crippen molar-refractivity contribution in [3.05, 3.63) is 36.0 Å². The van der Waals surface area contributed by atoms with E-state index in [0.717, 1.165) is 29.0 Å². The van der Waals surface area contributed by atoms with Crippen LogP contribution >= 0.6 is 0 Å². The second-order valence-electron chi connectivity index (χ2n) is 4.74. The van der Waals surface area contributed by atoms with Gasteiger partial charge >= 0.3 is 0 Å². The van der Waals surface area contributed by atoms with E-state index in [1.165, 1.54) is 12.8 Å². The first kappa shape index (κ1) is 10.8. The highest BCUT2D eigenvalue weighted by Gasteiger charge is 2.21. The van der Waals surface area contributed by atoms with Crippen molar-refractivity contribution in [2.45, 2.75) is 26.2 Å². The quantitative estimate of drug-likeness (QED) is 0.858. The molecule has 0 spiro atoms. The van der Waals surface area contributed by atoms with Crippen molar-refractivity contribution >= 4 is 10.9 Å². The highest BCUT2D eigenvalue weighted by molar-refractivity contribution is 5.83. The summed E-state index contributed by atoms with van der Waals surface area (Å²) in [6.45, 7) is 1.52. The number of fused-ring (bicyclic) bond motifs is 1. The van der Waals surface area contributed by atoms with Crippen molar-refractivity contribution in [2.24, 2.45) is 5.92 Å². The largest absolute Gasteiger partial charge is 0.392 e. The predicted octanol–water partition coefficient (Wildman–Crippen LogP) is 2.52. The molecule has 3 nitrogen and oxygen atoms in total. The van der Waals surface area contributed by atoms with Gasteiger partial charge in [-0.25, -0.2) is 0 Å². The van der Waals surface area contributed by atoms with Crippen LogP contribution in [-0.4, -0.2) is 16.3 Å². The summed E-state index contributed by atoms with van der Waals surface area (Å²) in [4.78, 5) is 0. The molecule has 0 saturated heterocycles. The van der Waals surface area contributed by atoms with Crippen LogP contribution in [0.5, 0.6) is 0 Å². The summed E-state index contributed by atoms with van der Waals surface area (Å²) in [5, 5.41) is 10.5. The number of aliphatic hydroxyl groups excluding tert-OH is 1. The molecule has 2 aromatic rings. The van der Waals surface area contributed by atoms with Gasteiger partial charge in [-0.3, -0.25) is 0 Å². The van der Waals surface area contributed by atoms with Crippen LogP contribution in [0.25, 0.3) is 10.9 Å². The summed E-state index contributed by atoms with van der Waals surface area (Å²) in [5.41, 5.74) is 2.05. The molecular weight excluding hydrogens is 214 g/mol. The van der Waals surface area contributed by atoms with E-state index in [9.17, 15) is 5.11 Å². The highest BCUT2D eigenvalue weighted by Crippen LogP contribution is 2.29. The Balaban J connectivity index is 1.82. The molecule has 1 aliphatic carbocycles. The summed E-state index contributed by atoms with van der Waals surface area (Å²) >= 11 is 0. The average Bonchev–Trinajstić information content (AvgIpc) is 3.09. The topological polar surface area (TPSA) is 34.4 Å². The number of rotatable bonds is 5. The number of benzene rings is 1. The summed E-state index contributed by atoms with van der Waals surface area (Å²) in [5.74, 6) is 0.786. The maximum Gasteiger partial charge on any atom is 0.122 e. The van der Waals surface area contributed by atoms with Crippen LogP contribution in [0.3, 0.4) is 0 Å². The van der Waals surface area contributed by atoms with Crippen molar-refractivity contribution in [2.75, 3.05) is 6.61 Å². The number of hydrogen-bond acceptors (Lipinski definition) is 2. The zero-order valence-corrected chi connectivity index (χ0v) is 9.80. The maximum absolute atomic E-state index is 9.35. The Kier molecular flexibility index (Phi) is 2.87. The van der Waals surface area contributed by atoms with Gasteiger partial charge in [-0.2, -0.15) is 0 Å². The Morgan fingerprint density at radius 2 is 2.18 bits per heavy atom. The molecular formula is C14H17NO2. The third-order valence-electron chi connectivity index (χ3n) is 3.32. The van der Waals surface area contributed by atoms with Gasteiger partial charge in [0.25, 0.3) is 0 Å². The van der Waals surface area contributed by atoms with Gasteiger partial charge in [-0.15, -0.1) is 0 Å². The Bertz CT molecular complexity index is 514. The molecule has 0 bridgehead atoms. The molecule has 0 aliphatic heterocycles. The molecule has 0 unspecified atom stereocenters. The predicted molar refractivity (Wildman–Crippen MR) is 66.5 cm³/mol. The minimum atomic E-state index is 0.0734. The van der Waals surface area contributed by atoms with E-state index < -0.39 is 0 Å². The van der Waals surface area contributed by atoms with E-state index in [4.69, 9.17) is 4.74 Å². The summed E-state index contributed by atoms with van der Waals surface area (Å²) in [6, 6.07) is 8.06. The Hall–Kier alpha value is -1.32. The first-order chi connectivity index (χ1) is 8.38. The number of nitrogens with zero attached hydrogens (tertiary/aromatic N) is 1. The molecule has 0 atom stereocenters. The normalized spacial score (nSPS) is 15.6. The van der Waals surface area contributed by atoms with Gasteiger partial charge in [0.2, 0.25) is 0 Å². The molecule has 90 valence electrons. The van der Waals surface area contributed by atoms with Gasteiger partial charge in [-0.05, 0) is 24.8 Å². The second-order valence-corrected chi connectivity index (χ2v) is 4.74. The summed E-state index contributed by atoms with van der Waals surface area (Å²) < 4.78 is 7.76. The van der Waals surface area contributed by atoms with Crippen LogP contribution < -0.4 is 0 Å². The monoisotopic (exact) mass is 231 g/mol. The number of para-hydroxylation sites is 1. The maximum atomic E-state index is 9.35. The number of hydrogen-bond donors (Lipinski definition) is 1. The molecule has 1 aliphatic rings. The fraction of sp³-hybridized carbons (Fsp3) is 0.429. The molecule has 1 N–H and O–H groups in total. The molecule has 3 heteroatoms. The molecule has 1 saturated carbocycles.